The molecule has 0 amide bonds. The van der Waals surface area contributed by atoms with Crippen LogP contribution in [0, 0.1) is 6.92 Å². The Kier molecular flexibility index (Phi) is 4.84. The quantitative estimate of drug-likeness (QED) is 0.785. The van der Waals surface area contributed by atoms with Crippen molar-refractivity contribution in [2.45, 2.75) is 50.7 Å². The van der Waals surface area contributed by atoms with Gasteiger partial charge in [0.1, 0.15) is 11.9 Å². The molecule has 1 aromatic rings. The van der Waals surface area contributed by atoms with Crippen LogP contribution in [0.25, 0.3) is 0 Å². The normalized spacial score (nSPS) is 23.9. The summed E-state index contributed by atoms with van der Waals surface area (Å²) in [7, 11) is 1.77. The Morgan fingerprint density at radius 3 is 2.83 bits per heavy atom. The van der Waals surface area contributed by atoms with Crippen LogP contribution in [0.15, 0.2) is 12.1 Å². The van der Waals surface area contributed by atoms with E-state index in [4.69, 9.17) is 21.1 Å². The van der Waals surface area contributed by atoms with Gasteiger partial charge in [-0.15, -0.1) is 11.6 Å². The minimum Gasteiger partial charge on any atom is -0.488 e. The fourth-order valence-corrected chi connectivity index (χ4v) is 2.60. The van der Waals surface area contributed by atoms with E-state index in [1.165, 1.54) is 0 Å². The van der Waals surface area contributed by atoms with Gasteiger partial charge < -0.3 is 9.47 Å². The first kappa shape index (κ1) is 13.6. The van der Waals surface area contributed by atoms with Crippen LogP contribution >= 0.6 is 11.6 Å². The van der Waals surface area contributed by atoms with E-state index in [9.17, 15) is 0 Å². The van der Waals surface area contributed by atoms with E-state index in [1.807, 2.05) is 19.1 Å². The average Bonchev–Trinajstić information content (AvgIpc) is 2.41. The Bertz CT molecular complexity index is 397. The number of ether oxygens (including phenoxy) is 2. The lowest BCUT2D eigenvalue weighted by molar-refractivity contribution is 0.0206. The predicted octanol–water partition coefficient (Wildman–Crippen LogP) is 3.47. The third-order valence-corrected chi connectivity index (χ3v) is 3.66. The molecule has 18 heavy (non-hydrogen) atoms. The van der Waals surface area contributed by atoms with E-state index in [0.29, 0.717) is 12.0 Å². The lowest BCUT2D eigenvalue weighted by Gasteiger charge is -2.29. The van der Waals surface area contributed by atoms with E-state index in [0.717, 1.165) is 42.8 Å². The summed E-state index contributed by atoms with van der Waals surface area (Å²) in [6.45, 7) is 1.96. The van der Waals surface area contributed by atoms with Gasteiger partial charge in [-0.2, -0.15) is 0 Å². The van der Waals surface area contributed by atoms with Gasteiger partial charge in [-0.05, 0) is 38.3 Å². The summed E-state index contributed by atoms with van der Waals surface area (Å²) in [5.74, 6) is 1.20. The van der Waals surface area contributed by atoms with E-state index in [2.05, 4.69) is 4.98 Å². The molecular formula is C14H20ClNO2. The maximum Gasteiger partial charge on any atom is 0.142 e. The van der Waals surface area contributed by atoms with Crippen molar-refractivity contribution in [3.8, 4) is 5.75 Å². The predicted molar refractivity (Wildman–Crippen MR) is 72.2 cm³/mol. The lowest BCUT2D eigenvalue weighted by Crippen LogP contribution is -2.29. The van der Waals surface area contributed by atoms with Gasteiger partial charge in [-0.25, -0.2) is 0 Å². The zero-order chi connectivity index (χ0) is 13.0. The zero-order valence-electron chi connectivity index (χ0n) is 11.0. The molecule has 0 radical (unpaired) electrons. The SMILES string of the molecule is COC1CCCC(Oc2ccc(C)nc2CCl)C1. The van der Waals surface area contributed by atoms with Crippen LogP contribution in [0.3, 0.4) is 0 Å². The van der Waals surface area contributed by atoms with E-state index in [-0.39, 0.29) is 6.10 Å². The smallest absolute Gasteiger partial charge is 0.142 e. The fourth-order valence-electron chi connectivity index (χ4n) is 2.40. The number of alkyl halides is 1. The number of hydrogen-bond donors (Lipinski definition) is 0. The average molecular weight is 270 g/mol. The van der Waals surface area contributed by atoms with E-state index >= 15 is 0 Å². The molecule has 1 aromatic heterocycles. The van der Waals surface area contributed by atoms with Gasteiger partial charge in [0, 0.05) is 19.2 Å². The minimum atomic E-state index is 0.218. The molecular weight excluding hydrogens is 250 g/mol. The largest absolute Gasteiger partial charge is 0.488 e. The topological polar surface area (TPSA) is 31.4 Å². The molecule has 1 fully saturated rings. The molecule has 3 nitrogen and oxygen atoms in total. The molecule has 1 aliphatic rings. The number of nitrogens with zero attached hydrogens (tertiary/aromatic N) is 1. The van der Waals surface area contributed by atoms with Gasteiger partial charge in [0.05, 0.1) is 17.7 Å². The van der Waals surface area contributed by atoms with Crippen molar-refractivity contribution < 1.29 is 9.47 Å². The Balaban J connectivity index is 2.04. The summed E-state index contributed by atoms with van der Waals surface area (Å²) in [5.41, 5.74) is 1.80. The highest BCUT2D eigenvalue weighted by atomic mass is 35.5. The summed E-state index contributed by atoms with van der Waals surface area (Å²) in [6.07, 6.45) is 4.85. The monoisotopic (exact) mass is 269 g/mol. The highest BCUT2D eigenvalue weighted by Gasteiger charge is 2.23. The van der Waals surface area contributed by atoms with Crippen molar-refractivity contribution in [2.75, 3.05) is 7.11 Å². The summed E-state index contributed by atoms with van der Waals surface area (Å²) in [4.78, 5) is 4.41. The van der Waals surface area contributed by atoms with Crippen LogP contribution in [-0.4, -0.2) is 24.3 Å². The number of hydrogen-bond acceptors (Lipinski definition) is 3. The van der Waals surface area contributed by atoms with E-state index in [1.54, 1.807) is 7.11 Å². The van der Waals surface area contributed by atoms with Crippen molar-refractivity contribution in [1.29, 1.82) is 0 Å². The molecule has 0 saturated heterocycles. The first-order valence-corrected chi connectivity index (χ1v) is 6.98. The molecule has 2 atom stereocenters. The van der Waals surface area contributed by atoms with Crippen LogP contribution in [-0.2, 0) is 10.6 Å². The lowest BCUT2D eigenvalue weighted by atomic mass is 9.95. The summed E-state index contributed by atoms with van der Waals surface area (Å²) >= 11 is 5.91. The molecule has 0 N–H and O–H groups in total. The first-order chi connectivity index (χ1) is 8.72. The summed E-state index contributed by atoms with van der Waals surface area (Å²) < 4.78 is 11.5. The standard InChI is InChI=1S/C14H20ClNO2/c1-10-6-7-14(13(9-15)16-10)18-12-5-3-4-11(8-12)17-2/h6-7,11-12H,3-5,8-9H2,1-2H3. The Hall–Kier alpha value is -0.800. The Labute approximate surface area is 113 Å². The first-order valence-electron chi connectivity index (χ1n) is 6.45. The molecule has 0 aliphatic heterocycles. The van der Waals surface area contributed by atoms with Crippen molar-refractivity contribution in [3.05, 3.63) is 23.5 Å². The van der Waals surface area contributed by atoms with E-state index < -0.39 is 0 Å². The van der Waals surface area contributed by atoms with Gasteiger partial charge in [-0.3, -0.25) is 4.98 Å². The maximum absolute atomic E-state index is 6.04. The van der Waals surface area contributed by atoms with Crippen LogP contribution in [0.1, 0.15) is 37.1 Å². The highest BCUT2D eigenvalue weighted by Crippen LogP contribution is 2.27. The summed E-state index contributed by atoms with van der Waals surface area (Å²) in [6, 6.07) is 3.93. The van der Waals surface area contributed by atoms with Gasteiger partial charge in [-0.1, -0.05) is 0 Å². The molecule has 100 valence electrons. The molecule has 1 heterocycles. The number of methoxy groups -OCH3 is 1. The second kappa shape index (κ2) is 6.39. The molecule has 2 rings (SSSR count). The second-order valence-corrected chi connectivity index (χ2v) is 5.06. The van der Waals surface area contributed by atoms with Gasteiger partial charge >= 0.3 is 0 Å². The molecule has 0 bridgehead atoms. The number of aromatic nitrogens is 1. The number of aryl methyl sites for hydroxylation is 1. The van der Waals surface area contributed by atoms with Gasteiger partial charge in [0.15, 0.2) is 0 Å². The van der Waals surface area contributed by atoms with Crippen LogP contribution < -0.4 is 4.74 Å². The second-order valence-electron chi connectivity index (χ2n) is 4.80. The maximum atomic E-state index is 6.04. The number of halogens is 1. The Morgan fingerprint density at radius 1 is 1.33 bits per heavy atom. The van der Waals surface area contributed by atoms with Crippen LogP contribution in [0.5, 0.6) is 5.75 Å². The zero-order valence-corrected chi connectivity index (χ0v) is 11.7. The van der Waals surface area contributed by atoms with Crippen molar-refractivity contribution in [1.82, 2.24) is 4.98 Å². The number of pyridine rings is 1. The third-order valence-electron chi connectivity index (χ3n) is 3.40. The van der Waals surface area contributed by atoms with Crippen molar-refractivity contribution >= 4 is 11.6 Å². The highest BCUT2D eigenvalue weighted by molar-refractivity contribution is 6.17. The number of rotatable bonds is 4. The molecule has 1 aliphatic carbocycles. The van der Waals surface area contributed by atoms with Crippen LogP contribution in [0.2, 0.25) is 0 Å². The molecule has 0 spiro atoms. The van der Waals surface area contributed by atoms with Crippen molar-refractivity contribution in [2.24, 2.45) is 0 Å². The Morgan fingerprint density at radius 2 is 2.11 bits per heavy atom. The summed E-state index contributed by atoms with van der Waals surface area (Å²) in [5, 5.41) is 0. The van der Waals surface area contributed by atoms with Crippen molar-refractivity contribution in [3.63, 3.8) is 0 Å². The van der Waals surface area contributed by atoms with Gasteiger partial charge in [0.25, 0.3) is 0 Å². The molecule has 1 saturated carbocycles. The van der Waals surface area contributed by atoms with Gasteiger partial charge in [0.2, 0.25) is 0 Å². The molecule has 4 heteroatoms. The van der Waals surface area contributed by atoms with Crippen LogP contribution in [0.4, 0.5) is 0 Å². The minimum absolute atomic E-state index is 0.218. The third kappa shape index (κ3) is 3.36. The molecule has 0 aromatic carbocycles. The fraction of sp³-hybridized carbons (Fsp3) is 0.643. The molecule has 2 unspecified atom stereocenters.